The van der Waals surface area contributed by atoms with Crippen LogP contribution in [0.5, 0.6) is 0 Å². The minimum Gasteiger partial charge on any atom is -0.387 e. The average Bonchev–Trinajstić information content (AvgIpc) is 2.60. The van der Waals surface area contributed by atoms with Gasteiger partial charge in [0.1, 0.15) is 5.82 Å². The number of aromatic nitrogens is 2. The van der Waals surface area contributed by atoms with Crippen LogP contribution in [0.25, 0.3) is 0 Å². The van der Waals surface area contributed by atoms with Crippen molar-refractivity contribution in [2.75, 3.05) is 13.2 Å². The largest absolute Gasteiger partial charge is 0.387 e. The Kier molecular flexibility index (Phi) is 3.07. The molecule has 0 spiro atoms. The first-order chi connectivity index (χ1) is 7.20. The molecule has 0 aliphatic carbocycles. The van der Waals surface area contributed by atoms with Crippen LogP contribution in [0.3, 0.4) is 0 Å². The van der Waals surface area contributed by atoms with Crippen LogP contribution in [0.2, 0.25) is 0 Å². The molecule has 1 N–H and O–H groups in total. The van der Waals surface area contributed by atoms with E-state index in [0.29, 0.717) is 5.92 Å². The summed E-state index contributed by atoms with van der Waals surface area (Å²) in [6.45, 7) is 3.47. The third kappa shape index (κ3) is 2.06. The van der Waals surface area contributed by atoms with Gasteiger partial charge in [0.25, 0.3) is 0 Å². The fourth-order valence-corrected chi connectivity index (χ4v) is 2.07. The van der Waals surface area contributed by atoms with E-state index in [9.17, 15) is 5.11 Å². The van der Waals surface area contributed by atoms with E-state index in [0.717, 1.165) is 37.6 Å². The molecule has 1 aliphatic rings. The summed E-state index contributed by atoms with van der Waals surface area (Å²) in [7, 11) is 1.94. The molecule has 1 aromatic rings. The molecule has 2 rings (SSSR count). The predicted octanol–water partition coefficient (Wildman–Crippen LogP) is 1.19. The average molecular weight is 210 g/mol. The molecule has 1 atom stereocenters. The topological polar surface area (TPSA) is 47.3 Å². The Hall–Kier alpha value is -0.870. The molecule has 2 heterocycles. The molecule has 1 aromatic heterocycles. The van der Waals surface area contributed by atoms with Gasteiger partial charge in [0.05, 0.1) is 18.0 Å². The minimum absolute atomic E-state index is 0.313. The third-order valence-electron chi connectivity index (χ3n) is 3.27. The monoisotopic (exact) mass is 210 g/mol. The standard InChI is InChI=1S/C11H18N2O2/c1-8-12-7-10(13(8)2)11(14)9-3-5-15-6-4-9/h7,9,11,14H,3-6H2,1-2H3. The van der Waals surface area contributed by atoms with E-state index >= 15 is 0 Å². The van der Waals surface area contributed by atoms with Gasteiger partial charge in [-0.15, -0.1) is 0 Å². The van der Waals surface area contributed by atoms with E-state index < -0.39 is 6.10 Å². The number of rotatable bonds is 2. The van der Waals surface area contributed by atoms with Gasteiger partial charge in [-0.3, -0.25) is 0 Å². The number of aliphatic hydroxyl groups is 1. The summed E-state index contributed by atoms with van der Waals surface area (Å²) < 4.78 is 7.25. The second-order valence-corrected chi connectivity index (χ2v) is 4.18. The first-order valence-electron chi connectivity index (χ1n) is 5.44. The number of nitrogens with zero attached hydrogens (tertiary/aromatic N) is 2. The van der Waals surface area contributed by atoms with Crippen molar-refractivity contribution in [3.8, 4) is 0 Å². The van der Waals surface area contributed by atoms with Crippen molar-refractivity contribution in [1.29, 1.82) is 0 Å². The Balaban J connectivity index is 2.12. The van der Waals surface area contributed by atoms with Crippen molar-refractivity contribution in [1.82, 2.24) is 9.55 Å². The molecule has 0 aromatic carbocycles. The molecule has 4 heteroatoms. The summed E-state index contributed by atoms with van der Waals surface area (Å²) in [5.74, 6) is 1.25. The van der Waals surface area contributed by atoms with Crippen molar-refractivity contribution in [3.63, 3.8) is 0 Å². The van der Waals surface area contributed by atoms with Gasteiger partial charge in [0.15, 0.2) is 0 Å². The van der Waals surface area contributed by atoms with Gasteiger partial charge in [0, 0.05) is 20.3 Å². The molecular weight excluding hydrogens is 192 g/mol. The van der Waals surface area contributed by atoms with Crippen LogP contribution in [-0.4, -0.2) is 27.9 Å². The zero-order valence-electron chi connectivity index (χ0n) is 9.31. The Morgan fingerprint density at radius 3 is 2.73 bits per heavy atom. The third-order valence-corrected chi connectivity index (χ3v) is 3.27. The van der Waals surface area contributed by atoms with Crippen LogP contribution >= 0.6 is 0 Å². The highest BCUT2D eigenvalue weighted by Crippen LogP contribution is 2.29. The first kappa shape index (κ1) is 10.6. The van der Waals surface area contributed by atoms with Crippen molar-refractivity contribution in [2.24, 2.45) is 13.0 Å². The zero-order valence-corrected chi connectivity index (χ0v) is 9.31. The molecule has 15 heavy (non-hydrogen) atoms. The lowest BCUT2D eigenvalue weighted by atomic mass is 9.92. The van der Waals surface area contributed by atoms with Crippen molar-refractivity contribution in [3.05, 3.63) is 17.7 Å². The summed E-state index contributed by atoms with van der Waals surface area (Å²) in [5.41, 5.74) is 0.916. The van der Waals surface area contributed by atoms with Gasteiger partial charge in [-0.05, 0) is 25.7 Å². The normalized spacial score (nSPS) is 20.5. The number of imidazole rings is 1. The molecule has 1 aliphatic heterocycles. The number of aryl methyl sites for hydroxylation is 1. The highest BCUT2D eigenvalue weighted by Gasteiger charge is 2.25. The van der Waals surface area contributed by atoms with Crippen molar-refractivity contribution < 1.29 is 9.84 Å². The summed E-state index contributed by atoms with van der Waals surface area (Å²) in [5, 5.41) is 10.2. The highest BCUT2D eigenvalue weighted by atomic mass is 16.5. The Labute approximate surface area is 89.9 Å². The molecule has 0 amide bonds. The summed E-state index contributed by atoms with van der Waals surface area (Å²) in [6.07, 6.45) is 3.24. The Morgan fingerprint density at radius 1 is 1.53 bits per heavy atom. The summed E-state index contributed by atoms with van der Waals surface area (Å²) >= 11 is 0. The Morgan fingerprint density at radius 2 is 2.20 bits per heavy atom. The van der Waals surface area contributed by atoms with Crippen LogP contribution in [0.1, 0.15) is 30.5 Å². The van der Waals surface area contributed by atoms with Gasteiger partial charge in [-0.2, -0.15) is 0 Å². The van der Waals surface area contributed by atoms with Gasteiger partial charge in [0.2, 0.25) is 0 Å². The fourth-order valence-electron chi connectivity index (χ4n) is 2.07. The Bertz CT molecular complexity index is 329. The summed E-state index contributed by atoms with van der Waals surface area (Å²) in [4.78, 5) is 4.20. The van der Waals surface area contributed by atoms with Crippen LogP contribution in [0, 0.1) is 12.8 Å². The summed E-state index contributed by atoms with van der Waals surface area (Å²) in [6, 6.07) is 0. The maximum absolute atomic E-state index is 10.2. The molecular formula is C11H18N2O2. The van der Waals surface area contributed by atoms with E-state index in [1.807, 2.05) is 18.5 Å². The lowest BCUT2D eigenvalue weighted by Crippen LogP contribution is -2.23. The molecule has 1 unspecified atom stereocenters. The van der Waals surface area contributed by atoms with Crippen molar-refractivity contribution >= 4 is 0 Å². The van der Waals surface area contributed by atoms with Gasteiger partial charge in [-0.1, -0.05) is 0 Å². The zero-order chi connectivity index (χ0) is 10.8. The molecule has 0 saturated carbocycles. The highest BCUT2D eigenvalue weighted by molar-refractivity contribution is 5.08. The van der Waals surface area contributed by atoms with Gasteiger partial charge < -0.3 is 14.4 Å². The maximum atomic E-state index is 10.2. The number of hydrogen-bond donors (Lipinski definition) is 1. The quantitative estimate of drug-likeness (QED) is 0.797. The van der Waals surface area contributed by atoms with E-state index in [1.54, 1.807) is 6.20 Å². The van der Waals surface area contributed by atoms with Crippen LogP contribution in [-0.2, 0) is 11.8 Å². The number of ether oxygens (including phenoxy) is 1. The second-order valence-electron chi connectivity index (χ2n) is 4.18. The van der Waals surface area contributed by atoms with E-state index in [1.165, 1.54) is 0 Å². The second kappa shape index (κ2) is 4.33. The fraction of sp³-hybridized carbons (Fsp3) is 0.727. The number of aliphatic hydroxyl groups excluding tert-OH is 1. The molecule has 0 bridgehead atoms. The van der Waals surface area contributed by atoms with Gasteiger partial charge in [-0.25, -0.2) is 4.98 Å². The smallest absolute Gasteiger partial charge is 0.105 e. The molecule has 1 saturated heterocycles. The van der Waals surface area contributed by atoms with E-state index in [-0.39, 0.29) is 0 Å². The predicted molar refractivity (Wildman–Crippen MR) is 56.4 cm³/mol. The van der Waals surface area contributed by atoms with Gasteiger partial charge >= 0.3 is 0 Å². The number of hydrogen-bond acceptors (Lipinski definition) is 3. The lowest BCUT2D eigenvalue weighted by Gasteiger charge is -2.26. The molecule has 0 radical (unpaired) electrons. The van der Waals surface area contributed by atoms with Crippen molar-refractivity contribution in [2.45, 2.75) is 25.9 Å². The van der Waals surface area contributed by atoms with E-state index in [2.05, 4.69) is 4.98 Å². The lowest BCUT2D eigenvalue weighted by molar-refractivity contribution is 0.00449. The molecule has 1 fully saturated rings. The molecule has 84 valence electrons. The molecule has 4 nitrogen and oxygen atoms in total. The maximum Gasteiger partial charge on any atom is 0.105 e. The van der Waals surface area contributed by atoms with Crippen LogP contribution in [0.4, 0.5) is 0 Å². The van der Waals surface area contributed by atoms with E-state index in [4.69, 9.17) is 4.74 Å². The van der Waals surface area contributed by atoms with Crippen LogP contribution < -0.4 is 0 Å². The van der Waals surface area contributed by atoms with Crippen LogP contribution in [0.15, 0.2) is 6.20 Å². The first-order valence-corrected chi connectivity index (χ1v) is 5.44. The minimum atomic E-state index is -0.403. The SMILES string of the molecule is Cc1ncc(C(O)C2CCOCC2)n1C.